The molecule has 0 bridgehead atoms. The van der Waals surface area contributed by atoms with Gasteiger partial charge in [-0.25, -0.2) is 4.39 Å². The van der Waals surface area contributed by atoms with Crippen LogP contribution in [0, 0.1) is 18.7 Å². The van der Waals surface area contributed by atoms with E-state index in [4.69, 9.17) is 4.74 Å². The van der Waals surface area contributed by atoms with Crippen LogP contribution in [0.5, 0.6) is 5.75 Å². The molecular formula is C25H19BrFNO4. The minimum Gasteiger partial charge on any atom is -0.497 e. The number of anilines is 1. The summed E-state index contributed by atoms with van der Waals surface area (Å²) in [6, 6.07) is 16.2. The molecule has 2 unspecified atom stereocenters. The molecule has 0 aliphatic carbocycles. The highest BCUT2D eigenvalue weighted by atomic mass is 79.9. The van der Waals surface area contributed by atoms with Gasteiger partial charge in [-0.05, 0) is 66.6 Å². The van der Waals surface area contributed by atoms with Crippen molar-refractivity contribution in [3.8, 4) is 5.75 Å². The normalized spacial score (nSPS) is 18.2. The van der Waals surface area contributed by atoms with Crippen LogP contribution in [0.4, 0.5) is 10.1 Å². The Morgan fingerprint density at radius 3 is 2.38 bits per heavy atom. The molecule has 0 spiro atoms. The van der Waals surface area contributed by atoms with Crippen molar-refractivity contribution in [3.05, 3.63) is 93.7 Å². The highest BCUT2D eigenvalue weighted by Crippen LogP contribution is 2.42. The highest BCUT2D eigenvalue weighted by molar-refractivity contribution is 9.10. The van der Waals surface area contributed by atoms with E-state index < -0.39 is 35.3 Å². The quantitative estimate of drug-likeness (QED) is 0.282. The monoisotopic (exact) mass is 495 g/mol. The Morgan fingerprint density at radius 2 is 1.75 bits per heavy atom. The maximum absolute atomic E-state index is 14.1. The lowest BCUT2D eigenvalue weighted by atomic mass is 9.86. The number of carbonyl (C=O) groups is 3. The number of hydrogen-bond donors (Lipinski definition) is 0. The predicted molar refractivity (Wildman–Crippen MR) is 121 cm³/mol. The minimum absolute atomic E-state index is 0.269. The van der Waals surface area contributed by atoms with Gasteiger partial charge in [-0.2, -0.15) is 0 Å². The molecule has 0 aromatic heterocycles. The lowest BCUT2D eigenvalue weighted by Gasteiger charge is -2.27. The number of methoxy groups -OCH3 is 1. The molecule has 3 aromatic carbocycles. The number of hydrogen-bond acceptors (Lipinski definition) is 4. The third kappa shape index (κ3) is 3.84. The highest BCUT2D eigenvalue weighted by Gasteiger charge is 2.52. The molecule has 0 N–H and O–H groups in total. The summed E-state index contributed by atoms with van der Waals surface area (Å²) < 4.78 is 20.0. The maximum Gasteiger partial charge on any atom is 0.295 e. The topological polar surface area (TPSA) is 63.7 Å². The molecule has 2 atom stereocenters. The van der Waals surface area contributed by atoms with Gasteiger partial charge in [-0.3, -0.25) is 19.3 Å². The molecule has 4 rings (SSSR count). The molecule has 0 radical (unpaired) electrons. The second-order valence-corrected chi connectivity index (χ2v) is 8.40. The zero-order chi connectivity index (χ0) is 23.0. The van der Waals surface area contributed by atoms with E-state index in [-0.39, 0.29) is 5.56 Å². The van der Waals surface area contributed by atoms with Gasteiger partial charge in [0.1, 0.15) is 17.5 Å². The first-order valence-electron chi connectivity index (χ1n) is 9.89. The van der Waals surface area contributed by atoms with Crippen LogP contribution in [0.2, 0.25) is 0 Å². The summed E-state index contributed by atoms with van der Waals surface area (Å²) in [5.41, 5.74) is 2.03. The summed E-state index contributed by atoms with van der Waals surface area (Å²) in [5, 5.41) is 0. The molecule has 7 heteroatoms. The second kappa shape index (κ2) is 8.67. The molecule has 32 heavy (non-hydrogen) atoms. The Labute approximate surface area is 192 Å². The Bertz CT molecular complexity index is 1220. The van der Waals surface area contributed by atoms with Gasteiger partial charge in [-0.15, -0.1) is 0 Å². The van der Waals surface area contributed by atoms with E-state index >= 15 is 0 Å². The van der Waals surface area contributed by atoms with Crippen LogP contribution in [-0.4, -0.2) is 24.6 Å². The van der Waals surface area contributed by atoms with Crippen LogP contribution in [0.15, 0.2) is 71.2 Å². The summed E-state index contributed by atoms with van der Waals surface area (Å²) in [4.78, 5) is 40.9. The first-order chi connectivity index (χ1) is 15.3. The van der Waals surface area contributed by atoms with Gasteiger partial charge >= 0.3 is 0 Å². The summed E-state index contributed by atoms with van der Waals surface area (Å²) in [5.74, 6) is -3.40. The largest absolute Gasteiger partial charge is 0.497 e. The van der Waals surface area contributed by atoms with Crippen molar-refractivity contribution in [2.24, 2.45) is 5.92 Å². The van der Waals surface area contributed by atoms with Crippen molar-refractivity contribution < 1.29 is 23.5 Å². The molecule has 3 aromatic rings. The summed E-state index contributed by atoms with van der Waals surface area (Å²) in [6.45, 7) is 1.89. The van der Waals surface area contributed by atoms with Crippen LogP contribution in [0.3, 0.4) is 0 Å². The molecular weight excluding hydrogens is 477 g/mol. The van der Waals surface area contributed by atoms with Crippen LogP contribution in [-0.2, 0) is 9.59 Å². The molecule has 162 valence electrons. The SMILES string of the molecule is COc1ccc(C(=O)C2C(=O)C(=O)N(c3ccc(C)c(Br)c3)C2c2cccc(F)c2)cc1. The number of Topliss-reactive ketones (excluding diaryl/α,β-unsaturated/α-hetero) is 2. The summed E-state index contributed by atoms with van der Waals surface area (Å²) >= 11 is 3.45. The number of ketones is 2. The molecule has 0 saturated carbocycles. The van der Waals surface area contributed by atoms with Crippen molar-refractivity contribution in [2.75, 3.05) is 12.0 Å². The molecule has 1 heterocycles. The van der Waals surface area contributed by atoms with Crippen molar-refractivity contribution in [3.63, 3.8) is 0 Å². The van der Waals surface area contributed by atoms with Gasteiger partial charge in [0.2, 0.25) is 5.78 Å². The van der Waals surface area contributed by atoms with Crippen molar-refractivity contribution in [1.82, 2.24) is 0 Å². The fourth-order valence-corrected chi connectivity index (χ4v) is 4.28. The number of rotatable bonds is 5. The molecule has 5 nitrogen and oxygen atoms in total. The number of halogens is 2. The van der Waals surface area contributed by atoms with Crippen LogP contribution in [0.1, 0.15) is 27.5 Å². The minimum atomic E-state index is -1.31. The van der Waals surface area contributed by atoms with Gasteiger partial charge < -0.3 is 4.74 Å². The number of aryl methyl sites for hydroxylation is 1. The standard InChI is InChI=1S/C25H19BrFNO4/c1-14-6-9-18(13-20(14)26)28-22(16-4-3-5-17(27)12-16)21(24(30)25(28)31)23(29)15-7-10-19(32-2)11-8-15/h3-13,21-22H,1-2H3. The Morgan fingerprint density at radius 1 is 1.03 bits per heavy atom. The fourth-order valence-electron chi connectivity index (χ4n) is 3.91. The van der Waals surface area contributed by atoms with Crippen molar-refractivity contribution >= 4 is 39.1 Å². The number of benzene rings is 3. The molecule has 1 aliphatic heterocycles. The van der Waals surface area contributed by atoms with E-state index in [0.29, 0.717) is 17.0 Å². The molecule has 1 fully saturated rings. The average molecular weight is 496 g/mol. The summed E-state index contributed by atoms with van der Waals surface area (Å²) in [7, 11) is 1.51. The first-order valence-corrected chi connectivity index (χ1v) is 10.7. The maximum atomic E-state index is 14.1. The van der Waals surface area contributed by atoms with Crippen molar-refractivity contribution in [2.45, 2.75) is 13.0 Å². The van der Waals surface area contributed by atoms with E-state index in [9.17, 15) is 18.8 Å². The van der Waals surface area contributed by atoms with Crippen LogP contribution in [0.25, 0.3) is 0 Å². The van der Waals surface area contributed by atoms with Gasteiger partial charge in [-0.1, -0.05) is 34.1 Å². The lowest BCUT2D eigenvalue weighted by molar-refractivity contribution is -0.135. The number of ether oxygens (including phenoxy) is 1. The number of amides is 1. The molecule has 1 amide bonds. The first kappa shape index (κ1) is 21.9. The smallest absolute Gasteiger partial charge is 0.295 e. The molecule has 1 aliphatic rings. The third-order valence-corrected chi connectivity index (χ3v) is 6.44. The van der Waals surface area contributed by atoms with E-state index in [1.807, 2.05) is 6.92 Å². The summed E-state index contributed by atoms with van der Waals surface area (Å²) in [6.07, 6.45) is 0. The van der Waals surface area contributed by atoms with Crippen LogP contribution >= 0.6 is 15.9 Å². The Kier molecular flexibility index (Phi) is 5.93. The van der Waals surface area contributed by atoms with E-state index in [2.05, 4.69) is 15.9 Å². The van der Waals surface area contributed by atoms with Gasteiger partial charge in [0.25, 0.3) is 5.91 Å². The number of carbonyl (C=O) groups excluding carboxylic acids is 3. The Balaban J connectivity index is 1.85. The fraction of sp³-hybridized carbons (Fsp3) is 0.160. The predicted octanol–water partition coefficient (Wildman–Crippen LogP) is 5.06. The zero-order valence-corrected chi connectivity index (χ0v) is 18.9. The van der Waals surface area contributed by atoms with E-state index in [1.165, 1.54) is 30.2 Å². The van der Waals surface area contributed by atoms with Gasteiger partial charge in [0.15, 0.2) is 5.78 Å². The van der Waals surface area contributed by atoms with Gasteiger partial charge in [0.05, 0.1) is 13.2 Å². The van der Waals surface area contributed by atoms with E-state index in [1.54, 1.807) is 48.5 Å². The number of nitrogens with zero attached hydrogens (tertiary/aromatic N) is 1. The lowest BCUT2D eigenvalue weighted by Crippen LogP contribution is -2.30. The third-order valence-electron chi connectivity index (χ3n) is 5.59. The Hall–Kier alpha value is -3.32. The molecule has 1 saturated heterocycles. The van der Waals surface area contributed by atoms with E-state index in [0.717, 1.165) is 10.0 Å². The van der Waals surface area contributed by atoms with Crippen molar-refractivity contribution in [1.29, 1.82) is 0 Å². The average Bonchev–Trinajstić information content (AvgIpc) is 3.06. The van der Waals surface area contributed by atoms with Gasteiger partial charge in [0, 0.05) is 15.7 Å². The van der Waals surface area contributed by atoms with Crippen LogP contribution < -0.4 is 9.64 Å². The zero-order valence-electron chi connectivity index (χ0n) is 17.3. The second-order valence-electron chi connectivity index (χ2n) is 7.54.